The van der Waals surface area contributed by atoms with Gasteiger partial charge in [0.05, 0.1) is 24.5 Å². The van der Waals surface area contributed by atoms with Gasteiger partial charge in [0, 0.05) is 13.1 Å². The summed E-state index contributed by atoms with van der Waals surface area (Å²) in [5.41, 5.74) is 2.31. The first-order valence-electron chi connectivity index (χ1n) is 9.74. The fourth-order valence-electron chi connectivity index (χ4n) is 3.14. The lowest BCUT2D eigenvalue weighted by molar-refractivity contribution is -0.120. The number of carbonyl (C=O) groups excluding carboxylic acids is 1. The van der Waals surface area contributed by atoms with E-state index in [1.807, 2.05) is 0 Å². The van der Waals surface area contributed by atoms with E-state index >= 15 is 0 Å². The maximum Gasteiger partial charge on any atom is 0.224 e. The highest BCUT2D eigenvalue weighted by Crippen LogP contribution is 2.19. The number of anilines is 1. The van der Waals surface area contributed by atoms with Crippen molar-refractivity contribution in [2.24, 2.45) is 0 Å². The zero-order valence-electron chi connectivity index (χ0n) is 16.6. The number of hydrogen-bond acceptors (Lipinski definition) is 5. The van der Waals surface area contributed by atoms with E-state index in [0.717, 1.165) is 16.5 Å². The summed E-state index contributed by atoms with van der Waals surface area (Å²) in [6.07, 6.45) is 3.29. The van der Waals surface area contributed by atoms with Crippen LogP contribution in [0.4, 0.5) is 14.6 Å². The van der Waals surface area contributed by atoms with Crippen LogP contribution in [0.2, 0.25) is 0 Å². The van der Waals surface area contributed by atoms with Gasteiger partial charge in [-0.25, -0.2) is 23.4 Å². The van der Waals surface area contributed by atoms with Crippen molar-refractivity contribution in [3.63, 3.8) is 0 Å². The third-order valence-electron chi connectivity index (χ3n) is 4.73. The monoisotopic (exact) mass is 422 g/mol. The van der Waals surface area contributed by atoms with E-state index in [9.17, 15) is 13.6 Å². The Kier molecular flexibility index (Phi) is 6.11. The molecule has 2 aromatic carbocycles. The van der Waals surface area contributed by atoms with Crippen molar-refractivity contribution >= 4 is 22.8 Å². The van der Waals surface area contributed by atoms with E-state index in [-0.39, 0.29) is 24.0 Å². The molecule has 2 aromatic heterocycles. The van der Waals surface area contributed by atoms with Crippen LogP contribution in [0.25, 0.3) is 11.0 Å². The number of amides is 1. The summed E-state index contributed by atoms with van der Waals surface area (Å²) in [7, 11) is 0. The standard InChI is InChI=1S/C22H20F2N6O/c23-17-5-1-15(2-6-17)11-20(31)25-9-10-30-22-19(13-29-30)21(27-14-28-22)26-12-16-3-7-18(24)8-4-16/h1-8,13-14H,9-12H2,(H,25,31)(H,26,27,28). The quantitative estimate of drug-likeness (QED) is 0.456. The zero-order chi connectivity index (χ0) is 21.6. The van der Waals surface area contributed by atoms with Crippen molar-refractivity contribution in [3.8, 4) is 0 Å². The largest absolute Gasteiger partial charge is 0.365 e. The third-order valence-corrected chi connectivity index (χ3v) is 4.73. The van der Waals surface area contributed by atoms with Crippen LogP contribution in [0.15, 0.2) is 61.1 Å². The van der Waals surface area contributed by atoms with Crippen molar-refractivity contribution in [1.82, 2.24) is 25.1 Å². The second-order valence-electron chi connectivity index (χ2n) is 6.96. The van der Waals surface area contributed by atoms with E-state index < -0.39 is 0 Å². The molecule has 0 aliphatic rings. The topological polar surface area (TPSA) is 84.7 Å². The number of benzene rings is 2. The van der Waals surface area contributed by atoms with Crippen LogP contribution in [0.3, 0.4) is 0 Å². The third kappa shape index (κ3) is 5.19. The van der Waals surface area contributed by atoms with Crippen molar-refractivity contribution in [2.75, 3.05) is 11.9 Å². The molecule has 2 N–H and O–H groups in total. The normalized spacial score (nSPS) is 10.9. The number of aromatic nitrogens is 4. The number of fused-ring (bicyclic) bond motifs is 1. The molecule has 0 aliphatic heterocycles. The molecule has 2 heterocycles. The summed E-state index contributed by atoms with van der Waals surface area (Å²) in [6.45, 7) is 1.29. The van der Waals surface area contributed by atoms with Gasteiger partial charge in [-0.3, -0.25) is 4.79 Å². The molecular formula is C22H20F2N6O. The van der Waals surface area contributed by atoms with Crippen molar-refractivity contribution in [3.05, 3.63) is 83.8 Å². The number of nitrogens with one attached hydrogen (secondary N) is 2. The highest BCUT2D eigenvalue weighted by molar-refractivity contribution is 5.86. The van der Waals surface area contributed by atoms with Gasteiger partial charge in [0.1, 0.15) is 23.8 Å². The Morgan fingerprint density at radius 3 is 2.32 bits per heavy atom. The van der Waals surface area contributed by atoms with E-state index in [4.69, 9.17) is 0 Å². The second kappa shape index (κ2) is 9.29. The Hall–Kier alpha value is -3.88. The number of nitrogens with zero attached hydrogens (tertiary/aromatic N) is 4. The molecule has 0 spiro atoms. The van der Waals surface area contributed by atoms with Crippen LogP contribution in [0.1, 0.15) is 11.1 Å². The van der Waals surface area contributed by atoms with Crippen LogP contribution in [-0.4, -0.2) is 32.2 Å². The van der Waals surface area contributed by atoms with E-state index in [0.29, 0.717) is 31.1 Å². The van der Waals surface area contributed by atoms with E-state index in [1.165, 1.54) is 30.6 Å². The highest BCUT2D eigenvalue weighted by Gasteiger charge is 2.10. The summed E-state index contributed by atoms with van der Waals surface area (Å²) in [5, 5.41) is 11.1. The molecule has 0 saturated heterocycles. The Balaban J connectivity index is 1.34. The minimum absolute atomic E-state index is 0.153. The van der Waals surface area contributed by atoms with Gasteiger partial charge in [0.15, 0.2) is 5.65 Å². The van der Waals surface area contributed by atoms with Crippen LogP contribution in [0, 0.1) is 11.6 Å². The molecule has 7 nitrogen and oxygen atoms in total. The van der Waals surface area contributed by atoms with Crippen molar-refractivity contribution < 1.29 is 13.6 Å². The SMILES string of the molecule is O=C(Cc1ccc(F)cc1)NCCn1ncc2c(NCc3ccc(F)cc3)ncnc21. The zero-order valence-corrected chi connectivity index (χ0v) is 16.6. The Labute approximate surface area is 177 Å². The van der Waals surface area contributed by atoms with Gasteiger partial charge in [-0.2, -0.15) is 5.10 Å². The number of rotatable bonds is 8. The molecule has 9 heteroatoms. The van der Waals surface area contributed by atoms with Crippen molar-refractivity contribution in [1.29, 1.82) is 0 Å². The molecule has 0 aliphatic carbocycles. The van der Waals surface area contributed by atoms with E-state index in [2.05, 4.69) is 25.7 Å². The number of carbonyl (C=O) groups is 1. The molecule has 0 saturated carbocycles. The van der Waals surface area contributed by atoms with Crippen LogP contribution >= 0.6 is 0 Å². The molecule has 31 heavy (non-hydrogen) atoms. The summed E-state index contributed by atoms with van der Waals surface area (Å²) >= 11 is 0. The van der Waals surface area contributed by atoms with Crippen LogP contribution in [0.5, 0.6) is 0 Å². The number of hydrogen-bond donors (Lipinski definition) is 2. The smallest absolute Gasteiger partial charge is 0.224 e. The predicted octanol–water partition coefficient (Wildman–Crippen LogP) is 3.08. The minimum atomic E-state index is -0.330. The van der Waals surface area contributed by atoms with Gasteiger partial charge >= 0.3 is 0 Å². The summed E-state index contributed by atoms with van der Waals surface area (Å²) in [4.78, 5) is 20.7. The summed E-state index contributed by atoms with van der Waals surface area (Å²) in [5.74, 6) is -0.136. The molecule has 0 bridgehead atoms. The number of halogens is 2. The fraction of sp³-hybridized carbons (Fsp3) is 0.182. The van der Waals surface area contributed by atoms with Crippen LogP contribution in [-0.2, 0) is 24.3 Å². The lowest BCUT2D eigenvalue weighted by Gasteiger charge is -2.08. The van der Waals surface area contributed by atoms with Gasteiger partial charge in [-0.15, -0.1) is 0 Å². The Bertz CT molecular complexity index is 1180. The van der Waals surface area contributed by atoms with Gasteiger partial charge in [0.2, 0.25) is 5.91 Å². The summed E-state index contributed by atoms with van der Waals surface area (Å²) in [6, 6.07) is 12.1. The first kappa shape index (κ1) is 20.4. The van der Waals surface area contributed by atoms with Gasteiger partial charge in [-0.1, -0.05) is 24.3 Å². The molecule has 4 aromatic rings. The Morgan fingerprint density at radius 2 is 1.61 bits per heavy atom. The first-order valence-corrected chi connectivity index (χ1v) is 9.74. The van der Waals surface area contributed by atoms with Crippen LogP contribution < -0.4 is 10.6 Å². The average Bonchev–Trinajstić information content (AvgIpc) is 3.19. The van der Waals surface area contributed by atoms with Crippen molar-refractivity contribution in [2.45, 2.75) is 19.5 Å². The van der Waals surface area contributed by atoms with Gasteiger partial charge in [-0.05, 0) is 35.4 Å². The average molecular weight is 422 g/mol. The molecule has 1 amide bonds. The fourth-order valence-corrected chi connectivity index (χ4v) is 3.14. The Morgan fingerprint density at radius 1 is 0.935 bits per heavy atom. The second-order valence-corrected chi connectivity index (χ2v) is 6.96. The lowest BCUT2D eigenvalue weighted by Crippen LogP contribution is -2.28. The van der Waals surface area contributed by atoms with Gasteiger partial charge < -0.3 is 10.6 Å². The molecule has 0 fully saturated rings. The molecule has 0 atom stereocenters. The van der Waals surface area contributed by atoms with E-state index in [1.54, 1.807) is 35.1 Å². The predicted molar refractivity (Wildman–Crippen MR) is 112 cm³/mol. The minimum Gasteiger partial charge on any atom is -0.365 e. The maximum absolute atomic E-state index is 13.0. The summed E-state index contributed by atoms with van der Waals surface area (Å²) < 4.78 is 27.7. The highest BCUT2D eigenvalue weighted by atomic mass is 19.1. The maximum atomic E-state index is 13.0. The molecule has 0 radical (unpaired) electrons. The lowest BCUT2D eigenvalue weighted by atomic mass is 10.1. The molecular weight excluding hydrogens is 402 g/mol. The first-order chi connectivity index (χ1) is 15.1. The molecule has 158 valence electrons. The molecule has 0 unspecified atom stereocenters. The molecule has 4 rings (SSSR count). The van der Waals surface area contributed by atoms with Gasteiger partial charge in [0.25, 0.3) is 0 Å².